The summed E-state index contributed by atoms with van der Waals surface area (Å²) in [6.45, 7) is 7.78. The van der Waals surface area contributed by atoms with E-state index in [4.69, 9.17) is 10.5 Å². The van der Waals surface area contributed by atoms with Crippen LogP contribution in [0.2, 0.25) is 0 Å². The number of hydrogen-bond donors (Lipinski definition) is 4. The average Bonchev–Trinajstić information content (AvgIpc) is 3.49. The van der Waals surface area contributed by atoms with Crippen LogP contribution in [0.3, 0.4) is 0 Å². The van der Waals surface area contributed by atoms with E-state index < -0.39 is 18.0 Å². The van der Waals surface area contributed by atoms with Gasteiger partial charge in [-0.25, -0.2) is 0 Å². The molecule has 0 heterocycles. The molecule has 2 aromatic carbocycles. The highest BCUT2D eigenvalue weighted by Crippen LogP contribution is 2.56. The number of amides is 3. The highest BCUT2D eigenvalue weighted by Gasteiger charge is 2.48. The first-order valence-corrected chi connectivity index (χ1v) is 16.2. The molecule has 0 spiro atoms. The van der Waals surface area contributed by atoms with Crippen LogP contribution in [0, 0.1) is 10.8 Å². The van der Waals surface area contributed by atoms with Gasteiger partial charge in [-0.2, -0.15) is 0 Å². The normalized spacial score (nSPS) is 23.2. The molecule has 0 aromatic heterocycles. The molecule has 0 unspecified atom stereocenters. The molecule has 8 heteroatoms. The number of ether oxygens (including phenoxy) is 1. The second-order valence-corrected chi connectivity index (χ2v) is 13.0. The van der Waals surface area contributed by atoms with Crippen LogP contribution in [-0.2, 0) is 16.0 Å². The molecule has 5 N–H and O–H groups in total. The first-order valence-electron chi connectivity index (χ1n) is 16.2. The maximum absolute atomic E-state index is 13.9. The SMILES string of the molecule is C=C1C=CC(C[C@H](NC(=O)[C@@H](Cc2ccc(OCC)cc2)NC(=O)c2ccccc2)C(=O)NCC23CCC(CN)(CC2)CC3)=C1. The summed E-state index contributed by atoms with van der Waals surface area (Å²) in [5.74, 6) is -0.269. The van der Waals surface area contributed by atoms with Crippen molar-refractivity contribution in [2.75, 3.05) is 19.7 Å². The van der Waals surface area contributed by atoms with Crippen molar-refractivity contribution in [1.29, 1.82) is 0 Å². The van der Waals surface area contributed by atoms with Gasteiger partial charge in [0.15, 0.2) is 0 Å². The fraction of sp³-hybridized carbons (Fsp3) is 0.432. The van der Waals surface area contributed by atoms with Gasteiger partial charge in [-0.05, 0) is 104 Å². The Morgan fingerprint density at radius 3 is 2.09 bits per heavy atom. The third-order valence-electron chi connectivity index (χ3n) is 9.91. The Kier molecular flexibility index (Phi) is 10.2. The molecular formula is C37H46N4O4. The van der Waals surface area contributed by atoms with Gasteiger partial charge < -0.3 is 26.4 Å². The molecule has 2 bridgehead atoms. The predicted octanol–water partition coefficient (Wildman–Crippen LogP) is 4.77. The Morgan fingerprint density at radius 1 is 0.844 bits per heavy atom. The molecule has 3 amide bonds. The van der Waals surface area contributed by atoms with E-state index in [9.17, 15) is 14.4 Å². The summed E-state index contributed by atoms with van der Waals surface area (Å²) < 4.78 is 5.56. The highest BCUT2D eigenvalue weighted by atomic mass is 16.5. The van der Waals surface area contributed by atoms with Crippen molar-refractivity contribution in [3.05, 3.63) is 102 Å². The van der Waals surface area contributed by atoms with Crippen molar-refractivity contribution in [3.8, 4) is 5.75 Å². The molecule has 0 radical (unpaired) electrons. The summed E-state index contributed by atoms with van der Waals surface area (Å²) in [5.41, 5.74) is 9.54. The minimum atomic E-state index is -0.909. The number of carbonyl (C=O) groups is 3. The summed E-state index contributed by atoms with van der Waals surface area (Å²) in [7, 11) is 0. The van der Waals surface area contributed by atoms with Gasteiger partial charge in [0.05, 0.1) is 6.61 Å². The molecule has 4 aliphatic carbocycles. The first kappa shape index (κ1) is 32.2. The fourth-order valence-electron chi connectivity index (χ4n) is 6.87. The van der Waals surface area contributed by atoms with Crippen molar-refractivity contribution in [2.45, 2.75) is 70.4 Å². The smallest absolute Gasteiger partial charge is 0.251 e. The molecule has 0 saturated heterocycles. The molecule has 2 atom stereocenters. The Morgan fingerprint density at radius 2 is 1.49 bits per heavy atom. The van der Waals surface area contributed by atoms with Crippen LogP contribution in [0.25, 0.3) is 0 Å². The largest absolute Gasteiger partial charge is 0.494 e. The van der Waals surface area contributed by atoms with Gasteiger partial charge >= 0.3 is 0 Å². The van der Waals surface area contributed by atoms with Gasteiger partial charge in [-0.1, -0.05) is 55.1 Å². The number of allylic oxidation sites excluding steroid dienone is 4. The summed E-state index contributed by atoms with van der Waals surface area (Å²) in [4.78, 5) is 40.9. The van der Waals surface area contributed by atoms with E-state index in [0.717, 1.165) is 67.5 Å². The van der Waals surface area contributed by atoms with E-state index in [1.54, 1.807) is 24.3 Å². The van der Waals surface area contributed by atoms with E-state index in [2.05, 4.69) is 22.5 Å². The van der Waals surface area contributed by atoms with Crippen LogP contribution < -0.4 is 26.4 Å². The maximum Gasteiger partial charge on any atom is 0.251 e. The monoisotopic (exact) mass is 610 g/mol. The number of nitrogens with one attached hydrogen (secondary N) is 3. The molecular weight excluding hydrogens is 564 g/mol. The highest BCUT2D eigenvalue weighted by molar-refractivity contribution is 5.98. The van der Waals surface area contributed by atoms with Gasteiger partial charge in [-0.15, -0.1) is 0 Å². The molecule has 3 fully saturated rings. The molecule has 2 aromatic rings. The average molecular weight is 611 g/mol. The summed E-state index contributed by atoms with van der Waals surface area (Å²) >= 11 is 0. The van der Waals surface area contributed by atoms with Crippen LogP contribution in [0.4, 0.5) is 0 Å². The molecule has 6 rings (SSSR count). The Bertz CT molecular complexity index is 1420. The van der Waals surface area contributed by atoms with Crippen LogP contribution in [0.5, 0.6) is 5.75 Å². The predicted molar refractivity (Wildman–Crippen MR) is 177 cm³/mol. The Hall–Kier alpha value is -4.17. The number of hydrogen-bond acceptors (Lipinski definition) is 5. The molecule has 8 nitrogen and oxygen atoms in total. The maximum atomic E-state index is 13.9. The fourth-order valence-corrected chi connectivity index (χ4v) is 6.87. The topological polar surface area (TPSA) is 123 Å². The molecule has 4 aliphatic rings. The van der Waals surface area contributed by atoms with E-state index in [0.29, 0.717) is 25.1 Å². The zero-order chi connectivity index (χ0) is 31.9. The lowest BCUT2D eigenvalue weighted by Crippen LogP contribution is -2.56. The number of benzene rings is 2. The Balaban J connectivity index is 1.31. The summed E-state index contributed by atoms with van der Waals surface area (Å²) in [6, 6.07) is 14.5. The standard InChI is InChI=1S/C37H46N4O4/c1-3-45-30-13-11-27(12-14-30)22-32(40-33(42)29-7-5-4-6-8-29)35(44)41-31(23-28-10-9-26(2)21-28)34(43)39-25-37-18-15-36(24-38,16-19-37)17-20-37/h4-14,21,31-32H,2-3,15-20,22-25,38H2,1H3,(H,39,43)(H,40,42)(H,41,44)/t31-,32+,36?,37?/m0/s1. The number of nitrogens with two attached hydrogens (primary N) is 1. The quantitative estimate of drug-likeness (QED) is 0.246. The molecule has 0 aliphatic heterocycles. The van der Waals surface area contributed by atoms with Gasteiger partial charge in [0.1, 0.15) is 17.8 Å². The summed E-state index contributed by atoms with van der Waals surface area (Å²) in [6.07, 6.45) is 12.8. The minimum absolute atomic E-state index is 0.0851. The van der Waals surface area contributed by atoms with Crippen molar-refractivity contribution in [1.82, 2.24) is 16.0 Å². The number of rotatable bonds is 14. The minimum Gasteiger partial charge on any atom is -0.494 e. The van der Waals surface area contributed by atoms with E-state index in [-0.39, 0.29) is 29.1 Å². The summed E-state index contributed by atoms with van der Waals surface area (Å²) in [5, 5.41) is 9.12. The van der Waals surface area contributed by atoms with Crippen molar-refractivity contribution >= 4 is 17.7 Å². The second kappa shape index (κ2) is 14.3. The lowest BCUT2D eigenvalue weighted by Gasteiger charge is -2.53. The molecule has 238 valence electrons. The van der Waals surface area contributed by atoms with E-state index in [1.807, 2.05) is 55.5 Å². The van der Waals surface area contributed by atoms with Crippen LogP contribution in [-0.4, -0.2) is 49.5 Å². The van der Waals surface area contributed by atoms with Crippen LogP contribution >= 0.6 is 0 Å². The van der Waals surface area contributed by atoms with Gasteiger partial charge in [0.2, 0.25) is 11.8 Å². The lowest BCUT2D eigenvalue weighted by atomic mass is 9.54. The van der Waals surface area contributed by atoms with Gasteiger partial charge in [0, 0.05) is 24.9 Å². The third-order valence-corrected chi connectivity index (χ3v) is 9.91. The lowest BCUT2D eigenvalue weighted by molar-refractivity contribution is -0.130. The zero-order valence-electron chi connectivity index (χ0n) is 26.3. The van der Waals surface area contributed by atoms with Gasteiger partial charge in [-0.3, -0.25) is 14.4 Å². The van der Waals surface area contributed by atoms with Crippen LogP contribution in [0.15, 0.2) is 90.6 Å². The Labute approximate surface area is 266 Å². The first-order chi connectivity index (χ1) is 21.7. The number of carbonyl (C=O) groups excluding carboxylic acids is 3. The van der Waals surface area contributed by atoms with E-state index in [1.165, 1.54) is 0 Å². The van der Waals surface area contributed by atoms with Crippen molar-refractivity contribution in [2.24, 2.45) is 16.6 Å². The molecule has 45 heavy (non-hydrogen) atoms. The van der Waals surface area contributed by atoms with Crippen molar-refractivity contribution in [3.63, 3.8) is 0 Å². The van der Waals surface area contributed by atoms with Crippen molar-refractivity contribution < 1.29 is 19.1 Å². The zero-order valence-corrected chi connectivity index (χ0v) is 26.3. The number of fused-ring (bicyclic) bond motifs is 3. The second-order valence-electron chi connectivity index (χ2n) is 13.0. The molecule has 3 saturated carbocycles. The third kappa shape index (κ3) is 8.11. The van der Waals surface area contributed by atoms with Gasteiger partial charge in [0.25, 0.3) is 5.91 Å². The van der Waals surface area contributed by atoms with Crippen LogP contribution in [0.1, 0.15) is 67.8 Å². The van der Waals surface area contributed by atoms with E-state index >= 15 is 0 Å².